The minimum atomic E-state index is -1.70. The number of aryl methyl sites for hydroxylation is 1. The van der Waals surface area contributed by atoms with Crippen LogP contribution in [0.5, 0.6) is 0 Å². The minimum Gasteiger partial charge on any atom is -0.466 e. The molecular formula is C36H38N2O4S. The summed E-state index contributed by atoms with van der Waals surface area (Å²) in [4.78, 5) is 30.6. The first-order chi connectivity index (χ1) is 20.6. The van der Waals surface area contributed by atoms with Crippen LogP contribution in [-0.4, -0.2) is 27.4 Å². The lowest BCUT2D eigenvalue weighted by atomic mass is 9.75. The fraction of sp³-hybridized carbons (Fsp3) is 0.278. The van der Waals surface area contributed by atoms with Gasteiger partial charge in [-0.2, -0.15) is 0 Å². The van der Waals surface area contributed by atoms with Gasteiger partial charge in [0, 0.05) is 5.56 Å². The SMILES string of the molecule is CCOC(=O)C[C@@]1(NS(=O)C(C)(C)C)C(=O)N(C(c2ccccc2)(c2ccccc2)c2ccccc2)c2ccc(C)cc21. The van der Waals surface area contributed by atoms with Gasteiger partial charge >= 0.3 is 5.97 Å². The van der Waals surface area contributed by atoms with E-state index in [0.29, 0.717) is 11.3 Å². The van der Waals surface area contributed by atoms with Crippen molar-refractivity contribution in [3.05, 3.63) is 137 Å². The van der Waals surface area contributed by atoms with Crippen molar-refractivity contribution in [2.45, 2.75) is 56.9 Å². The zero-order valence-electron chi connectivity index (χ0n) is 25.3. The quantitative estimate of drug-likeness (QED) is 0.177. The number of hydrogen-bond acceptors (Lipinski definition) is 4. The number of anilines is 1. The highest BCUT2D eigenvalue weighted by atomic mass is 32.2. The molecule has 7 heteroatoms. The van der Waals surface area contributed by atoms with E-state index in [1.54, 1.807) is 11.8 Å². The Morgan fingerprint density at radius 2 is 1.33 bits per heavy atom. The number of rotatable bonds is 9. The highest BCUT2D eigenvalue weighted by molar-refractivity contribution is 7.84. The molecule has 0 aromatic heterocycles. The van der Waals surface area contributed by atoms with Crippen LogP contribution in [0.1, 0.15) is 61.9 Å². The number of nitrogens with zero attached hydrogens (tertiary/aromatic N) is 1. The summed E-state index contributed by atoms with van der Waals surface area (Å²) < 4.78 is 21.7. The van der Waals surface area contributed by atoms with Crippen molar-refractivity contribution in [3.8, 4) is 0 Å². The average molecular weight is 595 g/mol. The number of hydrogen-bond donors (Lipinski definition) is 1. The van der Waals surface area contributed by atoms with Crippen LogP contribution in [0.2, 0.25) is 0 Å². The fourth-order valence-corrected chi connectivity index (χ4v) is 6.80. The minimum absolute atomic E-state index is 0.165. The predicted molar refractivity (Wildman–Crippen MR) is 172 cm³/mol. The van der Waals surface area contributed by atoms with E-state index in [0.717, 1.165) is 22.3 Å². The highest BCUT2D eigenvalue weighted by Gasteiger charge is 2.60. The van der Waals surface area contributed by atoms with Crippen LogP contribution in [-0.2, 0) is 36.4 Å². The second-order valence-electron chi connectivity index (χ2n) is 11.8. The molecule has 1 heterocycles. The van der Waals surface area contributed by atoms with E-state index in [-0.39, 0.29) is 18.9 Å². The molecule has 0 aliphatic carbocycles. The Morgan fingerprint density at radius 1 is 0.837 bits per heavy atom. The first kappa shape index (κ1) is 30.4. The Hall–Kier alpha value is -4.07. The maximum Gasteiger partial charge on any atom is 0.308 e. The molecule has 1 aliphatic rings. The molecule has 0 radical (unpaired) electrons. The van der Waals surface area contributed by atoms with Crippen molar-refractivity contribution in [1.82, 2.24) is 4.72 Å². The summed E-state index contributed by atoms with van der Waals surface area (Å²) in [5.74, 6) is -0.927. The van der Waals surface area contributed by atoms with Gasteiger partial charge in [-0.15, -0.1) is 0 Å². The number of carbonyl (C=O) groups excluding carboxylic acids is 2. The predicted octanol–water partition coefficient (Wildman–Crippen LogP) is 6.53. The number of esters is 1. The third-order valence-electron chi connectivity index (χ3n) is 7.87. The van der Waals surface area contributed by atoms with Gasteiger partial charge < -0.3 is 4.74 Å². The monoisotopic (exact) mass is 594 g/mol. The smallest absolute Gasteiger partial charge is 0.308 e. The van der Waals surface area contributed by atoms with Crippen LogP contribution in [0.3, 0.4) is 0 Å². The Balaban J connectivity index is 1.90. The van der Waals surface area contributed by atoms with Gasteiger partial charge in [0.05, 0.1) is 34.4 Å². The van der Waals surface area contributed by atoms with Gasteiger partial charge in [-0.1, -0.05) is 109 Å². The van der Waals surface area contributed by atoms with E-state index in [9.17, 15) is 9.00 Å². The summed E-state index contributed by atoms with van der Waals surface area (Å²) >= 11 is 0. The van der Waals surface area contributed by atoms with Gasteiger partial charge in [0.1, 0.15) is 11.1 Å². The fourth-order valence-electron chi connectivity index (χ4n) is 5.91. The Bertz CT molecular complexity index is 1540. The lowest BCUT2D eigenvalue weighted by molar-refractivity contribution is -0.147. The Morgan fingerprint density at radius 3 is 1.77 bits per heavy atom. The van der Waals surface area contributed by atoms with Crippen LogP contribution >= 0.6 is 0 Å². The van der Waals surface area contributed by atoms with Crippen molar-refractivity contribution in [2.24, 2.45) is 0 Å². The van der Waals surface area contributed by atoms with Gasteiger partial charge in [-0.3, -0.25) is 14.5 Å². The molecule has 0 bridgehead atoms. The van der Waals surface area contributed by atoms with Gasteiger partial charge in [0.2, 0.25) is 0 Å². The summed E-state index contributed by atoms with van der Waals surface area (Å²) in [7, 11) is -1.70. The summed E-state index contributed by atoms with van der Waals surface area (Å²) in [6.45, 7) is 9.36. The zero-order valence-corrected chi connectivity index (χ0v) is 26.1. The van der Waals surface area contributed by atoms with E-state index in [1.807, 2.05) is 137 Å². The molecule has 0 saturated heterocycles. The van der Waals surface area contributed by atoms with E-state index in [4.69, 9.17) is 4.74 Å². The van der Waals surface area contributed by atoms with Crippen molar-refractivity contribution < 1.29 is 18.5 Å². The number of carbonyl (C=O) groups is 2. The molecule has 1 aliphatic heterocycles. The normalized spacial score (nSPS) is 17.4. The van der Waals surface area contributed by atoms with Gasteiger partial charge in [0.15, 0.2) is 0 Å². The first-order valence-electron chi connectivity index (χ1n) is 14.5. The standard InChI is InChI=1S/C36H38N2O4S/c1-6-42-32(39)25-35(37-43(41)34(3,4)5)30-24-26(2)22-23-31(30)38(33(35)40)36(27-16-10-7-11-17-27,28-18-12-8-13-19-28)29-20-14-9-15-21-29/h7-24,37H,6,25H2,1-5H3/t35-,43?/m0/s1. The molecule has 4 aromatic rings. The molecule has 6 nitrogen and oxygen atoms in total. The van der Waals surface area contributed by atoms with E-state index in [2.05, 4.69) is 4.72 Å². The molecule has 0 spiro atoms. The third-order valence-corrected chi connectivity index (χ3v) is 9.52. The van der Waals surface area contributed by atoms with Gasteiger partial charge in [-0.25, -0.2) is 8.93 Å². The number of amides is 1. The van der Waals surface area contributed by atoms with E-state index >= 15 is 4.79 Å². The lowest BCUT2D eigenvalue weighted by Gasteiger charge is -2.45. The summed E-state index contributed by atoms with van der Waals surface area (Å²) in [6, 6.07) is 35.6. The zero-order chi connectivity index (χ0) is 30.8. The number of nitrogens with one attached hydrogen (secondary N) is 1. The average Bonchev–Trinajstić information content (AvgIpc) is 3.22. The van der Waals surface area contributed by atoms with Crippen molar-refractivity contribution >= 4 is 28.5 Å². The maximum atomic E-state index is 15.5. The largest absolute Gasteiger partial charge is 0.466 e. The Kier molecular flexibility index (Phi) is 8.41. The topological polar surface area (TPSA) is 75.7 Å². The van der Waals surface area contributed by atoms with Gasteiger partial charge in [-0.05, 0) is 57.4 Å². The van der Waals surface area contributed by atoms with Crippen LogP contribution < -0.4 is 9.62 Å². The maximum absolute atomic E-state index is 15.5. The van der Waals surface area contributed by atoms with Crippen LogP contribution in [0.25, 0.3) is 0 Å². The molecule has 222 valence electrons. The Labute approximate surface area is 256 Å². The molecule has 4 aromatic carbocycles. The molecular weight excluding hydrogens is 556 g/mol. The molecule has 43 heavy (non-hydrogen) atoms. The summed E-state index contributed by atoms with van der Waals surface area (Å²) in [6.07, 6.45) is -0.317. The van der Waals surface area contributed by atoms with Gasteiger partial charge in [0.25, 0.3) is 5.91 Å². The molecule has 1 N–H and O–H groups in total. The number of ether oxygens (including phenoxy) is 1. The second-order valence-corrected chi connectivity index (χ2v) is 13.8. The number of fused-ring (bicyclic) bond motifs is 1. The molecule has 5 rings (SSSR count). The lowest BCUT2D eigenvalue weighted by Crippen LogP contribution is -2.59. The van der Waals surface area contributed by atoms with E-state index < -0.39 is 32.8 Å². The summed E-state index contributed by atoms with van der Waals surface area (Å²) in [5.41, 5.74) is 1.98. The van der Waals surface area contributed by atoms with Crippen molar-refractivity contribution in [3.63, 3.8) is 0 Å². The molecule has 0 fully saturated rings. The third kappa shape index (κ3) is 5.32. The highest BCUT2D eigenvalue weighted by Crippen LogP contribution is 2.53. The molecule has 0 saturated carbocycles. The molecule has 1 unspecified atom stereocenters. The van der Waals surface area contributed by atoms with Crippen LogP contribution in [0, 0.1) is 6.92 Å². The van der Waals surface area contributed by atoms with Crippen molar-refractivity contribution in [1.29, 1.82) is 0 Å². The summed E-state index contributed by atoms with van der Waals surface area (Å²) in [5, 5.41) is 0. The molecule has 2 atom stereocenters. The molecule has 1 amide bonds. The van der Waals surface area contributed by atoms with E-state index in [1.165, 1.54) is 0 Å². The first-order valence-corrected chi connectivity index (χ1v) is 15.7. The second kappa shape index (κ2) is 11.9. The van der Waals surface area contributed by atoms with Crippen LogP contribution in [0.4, 0.5) is 5.69 Å². The van der Waals surface area contributed by atoms with Crippen molar-refractivity contribution in [2.75, 3.05) is 11.5 Å². The van der Waals surface area contributed by atoms with Crippen LogP contribution in [0.15, 0.2) is 109 Å². The number of benzene rings is 4.